The number of carbonyl (C=O) groups is 2. The highest BCUT2D eigenvalue weighted by Gasteiger charge is 2.34. The molecule has 0 saturated heterocycles. The van der Waals surface area contributed by atoms with Crippen molar-refractivity contribution in [2.75, 3.05) is 26.9 Å². The van der Waals surface area contributed by atoms with Crippen LogP contribution in [0.2, 0.25) is 5.02 Å². The van der Waals surface area contributed by atoms with Crippen LogP contribution >= 0.6 is 11.6 Å². The van der Waals surface area contributed by atoms with Gasteiger partial charge < -0.3 is 24.2 Å². The summed E-state index contributed by atoms with van der Waals surface area (Å²) in [5, 5.41) is 9.56. The number of ether oxygens (including phenoxy) is 3. The molecule has 0 bridgehead atoms. The Bertz CT molecular complexity index is 1200. The highest BCUT2D eigenvalue weighted by molar-refractivity contribution is 6.30. The van der Waals surface area contributed by atoms with Crippen molar-refractivity contribution in [2.45, 2.75) is 12.5 Å². The molecule has 1 amide bonds. The van der Waals surface area contributed by atoms with Gasteiger partial charge >= 0.3 is 5.97 Å². The van der Waals surface area contributed by atoms with Crippen molar-refractivity contribution in [1.29, 1.82) is 0 Å². The van der Waals surface area contributed by atoms with Crippen LogP contribution in [0.4, 0.5) is 0 Å². The number of aliphatic carboxylic acids is 1. The second kappa shape index (κ2) is 10.5. The average molecular weight is 482 g/mol. The predicted octanol–water partition coefficient (Wildman–Crippen LogP) is 4.37. The number of halogens is 1. The molecule has 0 fully saturated rings. The van der Waals surface area contributed by atoms with E-state index < -0.39 is 18.6 Å². The van der Waals surface area contributed by atoms with E-state index in [-0.39, 0.29) is 12.5 Å². The van der Waals surface area contributed by atoms with E-state index in [4.69, 9.17) is 30.9 Å². The lowest BCUT2D eigenvalue weighted by atomic mass is 9.87. The summed E-state index contributed by atoms with van der Waals surface area (Å²) in [6, 6.07) is 19.4. The van der Waals surface area contributed by atoms with Gasteiger partial charge in [-0.15, -0.1) is 0 Å². The number of carboxylic acids is 1. The molecule has 1 aliphatic heterocycles. The SMILES string of the molecule is COc1ccccc1OCC(=O)N1CCc2ccccc2C1c1cc(Cl)ccc1OCC(=O)O. The molecule has 0 radical (unpaired) electrons. The second-order valence-electron chi connectivity index (χ2n) is 7.74. The molecule has 0 aliphatic carbocycles. The smallest absolute Gasteiger partial charge is 0.341 e. The van der Waals surface area contributed by atoms with E-state index >= 15 is 0 Å². The number of amides is 1. The van der Waals surface area contributed by atoms with Crippen LogP contribution in [0, 0.1) is 0 Å². The number of nitrogens with zero attached hydrogens (tertiary/aromatic N) is 1. The molecular weight excluding hydrogens is 458 g/mol. The fourth-order valence-corrected chi connectivity index (χ4v) is 4.32. The first-order valence-electron chi connectivity index (χ1n) is 10.7. The Morgan fingerprint density at radius 3 is 2.41 bits per heavy atom. The van der Waals surface area contributed by atoms with Crippen molar-refractivity contribution in [1.82, 2.24) is 4.90 Å². The highest BCUT2D eigenvalue weighted by Crippen LogP contribution is 2.40. The van der Waals surface area contributed by atoms with Gasteiger partial charge in [0, 0.05) is 17.1 Å². The quantitative estimate of drug-likeness (QED) is 0.514. The Hall–Kier alpha value is -3.71. The van der Waals surface area contributed by atoms with E-state index in [9.17, 15) is 9.59 Å². The Morgan fingerprint density at radius 1 is 0.941 bits per heavy atom. The van der Waals surface area contributed by atoms with Crippen molar-refractivity contribution >= 4 is 23.5 Å². The fourth-order valence-electron chi connectivity index (χ4n) is 4.14. The lowest BCUT2D eigenvalue weighted by molar-refractivity contribution is -0.139. The van der Waals surface area contributed by atoms with Gasteiger partial charge in [0.2, 0.25) is 0 Å². The van der Waals surface area contributed by atoms with Gasteiger partial charge in [-0.3, -0.25) is 4.79 Å². The molecule has 3 aromatic rings. The van der Waals surface area contributed by atoms with Crippen molar-refractivity contribution in [3.8, 4) is 17.2 Å². The van der Waals surface area contributed by atoms with Crippen molar-refractivity contribution in [2.24, 2.45) is 0 Å². The largest absolute Gasteiger partial charge is 0.493 e. The normalized spacial score (nSPS) is 14.8. The number of fused-ring (bicyclic) bond motifs is 1. The number of carbonyl (C=O) groups excluding carboxylic acids is 1. The number of hydrogen-bond acceptors (Lipinski definition) is 5. The molecule has 3 aromatic carbocycles. The summed E-state index contributed by atoms with van der Waals surface area (Å²) in [6.07, 6.45) is 0.680. The molecule has 8 heteroatoms. The zero-order valence-corrected chi connectivity index (χ0v) is 19.3. The maximum atomic E-state index is 13.4. The van der Waals surface area contributed by atoms with Crippen LogP contribution in [0.1, 0.15) is 22.7 Å². The Kier molecular flexibility index (Phi) is 7.23. The molecule has 7 nitrogen and oxygen atoms in total. The summed E-state index contributed by atoms with van der Waals surface area (Å²) in [6.45, 7) is -0.237. The predicted molar refractivity (Wildman–Crippen MR) is 127 cm³/mol. The van der Waals surface area contributed by atoms with Crippen LogP contribution in [0.3, 0.4) is 0 Å². The molecule has 0 aromatic heterocycles. The standard InChI is InChI=1S/C26H24ClNO6/c1-32-22-8-4-5-9-23(22)33-15-24(29)28-13-12-17-6-2-3-7-19(17)26(28)20-14-18(27)10-11-21(20)34-16-25(30)31/h2-11,14,26H,12-13,15-16H2,1H3,(H,30,31). The van der Waals surface area contributed by atoms with Crippen molar-refractivity contribution in [3.05, 3.63) is 88.4 Å². The molecule has 1 heterocycles. The van der Waals surface area contributed by atoms with Gasteiger partial charge in [0.25, 0.3) is 5.91 Å². The molecule has 176 valence electrons. The summed E-state index contributed by atoms with van der Waals surface area (Å²) in [4.78, 5) is 26.3. The van der Waals surface area contributed by atoms with E-state index in [1.54, 1.807) is 48.4 Å². The molecular formula is C26H24ClNO6. The van der Waals surface area contributed by atoms with E-state index in [1.807, 2.05) is 30.3 Å². The zero-order chi connectivity index (χ0) is 24.1. The summed E-state index contributed by atoms with van der Waals surface area (Å²) in [7, 11) is 1.54. The van der Waals surface area contributed by atoms with E-state index in [1.165, 1.54) is 0 Å². The minimum Gasteiger partial charge on any atom is -0.493 e. The van der Waals surface area contributed by atoms with E-state index in [0.29, 0.717) is 40.8 Å². The van der Waals surface area contributed by atoms with Gasteiger partial charge in [-0.05, 0) is 47.9 Å². The van der Waals surface area contributed by atoms with Crippen LogP contribution < -0.4 is 14.2 Å². The van der Waals surface area contributed by atoms with Gasteiger partial charge in [-0.25, -0.2) is 4.79 Å². The fraction of sp³-hybridized carbons (Fsp3) is 0.231. The third kappa shape index (κ3) is 5.10. The van der Waals surface area contributed by atoms with Gasteiger partial charge in [0.1, 0.15) is 5.75 Å². The summed E-state index contributed by atoms with van der Waals surface area (Å²) in [5.41, 5.74) is 2.65. The Morgan fingerprint density at radius 2 is 1.65 bits per heavy atom. The topological polar surface area (TPSA) is 85.3 Å². The first-order valence-corrected chi connectivity index (χ1v) is 11.1. The van der Waals surface area contributed by atoms with Gasteiger partial charge in [0.15, 0.2) is 24.7 Å². The van der Waals surface area contributed by atoms with Crippen LogP contribution in [0.5, 0.6) is 17.2 Å². The number of methoxy groups -OCH3 is 1. The minimum atomic E-state index is -1.09. The molecule has 0 spiro atoms. The molecule has 1 atom stereocenters. The summed E-state index contributed by atoms with van der Waals surface area (Å²) < 4.78 is 16.7. The molecule has 1 aliphatic rings. The molecule has 4 rings (SSSR count). The average Bonchev–Trinajstić information content (AvgIpc) is 2.85. The van der Waals surface area contributed by atoms with Crippen LogP contribution in [-0.4, -0.2) is 48.8 Å². The van der Waals surface area contributed by atoms with Gasteiger partial charge in [-0.2, -0.15) is 0 Å². The van der Waals surface area contributed by atoms with Crippen molar-refractivity contribution in [3.63, 3.8) is 0 Å². The number of hydrogen-bond donors (Lipinski definition) is 1. The lowest BCUT2D eigenvalue weighted by Gasteiger charge is -2.38. The number of carboxylic acid groups (broad SMARTS) is 1. The van der Waals surface area contributed by atoms with Crippen molar-refractivity contribution < 1.29 is 28.9 Å². The van der Waals surface area contributed by atoms with Crippen LogP contribution in [-0.2, 0) is 16.0 Å². The second-order valence-corrected chi connectivity index (χ2v) is 8.18. The molecule has 34 heavy (non-hydrogen) atoms. The monoisotopic (exact) mass is 481 g/mol. The molecule has 1 unspecified atom stereocenters. The Balaban J connectivity index is 1.68. The van der Waals surface area contributed by atoms with E-state index in [2.05, 4.69) is 0 Å². The summed E-state index contributed by atoms with van der Waals surface area (Å²) >= 11 is 6.31. The molecule has 0 saturated carbocycles. The first kappa shape index (κ1) is 23.4. The molecule has 1 N–H and O–H groups in total. The Labute approximate surface area is 202 Å². The van der Waals surface area contributed by atoms with Crippen LogP contribution in [0.15, 0.2) is 66.7 Å². The number of benzene rings is 3. The third-order valence-corrected chi connectivity index (χ3v) is 5.88. The zero-order valence-electron chi connectivity index (χ0n) is 18.6. The maximum absolute atomic E-state index is 13.4. The lowest BCUT2D eigenvalue weighted by Crippen LogP contribution is -2.43. The minimum absolute atomic E-state index is 0.190. The van der Waals surface area contributed by atoms with Gasteiger partial charge in [-0.1, -0.05) is 48.0 Å². The summed E-state index contributed by atoms with van der Waals surface area (Å²) in [5.74, 6) is 0.0465. The third-order valence-electron chi connectivity index (χ3n) is 5.64. The first-order chi connectivity index (χ1) is 16.5. The number of rotatable bonds is 8. The van der Waals surface area contributed by atoms with Crippen LogP contribution in [0.25, 0.3) is 0 Å². The maximum Gasteiger partial charge on any atom is 0.341 e. The van der Waals surface area contributed by atoms with E-state index in [0.717, 1.165) is 11.1 Å². The van der Waals surface area contributed by atoms with Gasteiger partial charge in [0.05, 0.1) is 13.2 Å². The number of para-hydroxylation sites is 2. The highest BCUT2D eigenvalue weighted by atomic mass is 35.5.